The van der Waals surface area contributed by atoms with Gasteiger partial charge in [0, 0.05) is 33.0 Å². The van der Waals surface area contributed by atoms with Gasteiger partial charge in [-0.05, 0) is 57.4 Å². The van der Waals surface area contributed by atoms with Crippen LogP contribution in [0.2, 0.25) is 0 Å². The van der Waals surface area contributed by atoms with Crippen molar-refractivity contribution in [3.63, 3.8) is 0 Å². The van der Waals surface area contributed by atoms with E-state index >= 15 is 0 Å². The molecule has 1 aliphatic heterocycles. The molecule has 0 spiro atoms. The Balaban J connectivity index is 2.76. The quantitative estimate of drug-likeness (QED) is 0.0395. The number of aliphatic imine (C=N–C) groups is 1. The number of aliphatic hydroxyl groups is 1. The van der Waals surface area contributed by atoms with E-state index in [0.29, 0.717) is 12.0 Å². The first-order chi connectivity index (χ1) is 33.2. The maximum absolute atomic E-state index is 14.4. The van der Waals surface area contributed by atoms with Crippen molar-refractivity contribution in [2.24, 2.45) is 40.1 Å². The molecule has 1 aromatic rings. The van der Waals surface area contributed by atoms with Crippen LogP contribution in [-0.4, -0.2) is 147 Å². The van der Waals surface area contributed by atoms with Gasteiger partial charge in [-0.15, -0.1) is 0 Å². The fraction of sp³-hybridized carbons (Fsp3) is 0.551. The second-order valence-corrected chi connectivity index (χ2v) is 18.5. The molecule has 0 bridgehead atoms. The minimum atomic E-state index is -1.89. The Hall–Kier alpha value is -7.10. The minimum Gasteiger partial charge on any atom is -0.480 e. The number of aliphatic carboxylic acids is 2. The van der Waals surface area contributed by atoms with Crippen molar-refractivity contribution in [2.75, 3.05) is 20.6 Å². The highest BCUT2D eigenvalue weighted by Gasteiger charge is 2.38. The lowest BCUT2D eigenvalue weighted by Crippen LogP contribution is -2.59. The van der Waals surface area contributed by atoms with E-state index in [1.807, 2.05) is 37.3 Å². The van der Waals surface area contributed by atoms with E-state index in [1.54, 1.807) is 32.9 Å². The number of carbonyl (C=O) groups is 9. The van der Waals surface area contributed by atoms with Gasteiger partial charge in [0.15, 0.2) is 5.96 Å². The van der Waals surface area contributed by atoms with Gasteiger partial charge in [-0.1, -0.05) is 95.3 Å². The maximum Gasteiger partial charge on any atom is 0.327 e. The highest BCUT2D eigenvalue weighted by Crippen LogP contribution is 2.19. The molecule has 22 heteroatoms. The fourth-order valence-corrected chi connectivity index (χ4v) is 7.55. The third-order valence-corrected chi connectivity index (χ3v) is 12.1. The molecule has 0 unspecified atom stereocenters. The lowest BCUT2D eigenvalue weighted by atomic mass is 9.94. The Morgan fingerprint density at radius 1 is 0.845 bits per heavy atom. The number of allylic oxidation sites excluding steroid dienone is 2. The average molecular weight is 995 g/mol. The molecule has 10 atom stereocenters. The summed E-state index contributed by atoms with van der Waals surface area (Å²) >= 11 is 0. The van der Waals surface area contributed by atoms with Crippen LogP contribution in [0, 0.1) is 23.7 Å². The number of rotatable bonds is 14. The zero-order chi connectivity index (χ0) is 53.9. The number of aliphatic hydroxyl groups excluding tert-OH is 1. The van der Waals surface area contributed by atoms with Gasteiger partial charge in [0.05, 0.1) is 24.0 Å². The smallest absolute Gasteiger partial charge is 0.327 e. The van der Waals surface area contributed by atoms with Gasteiger partial charge in [0.25, 0.3) is 5.91 Å². The van der Waals surface area contributed by atoms with Gasteiger partial charge < -0.3 is 63.2 Å². The van der Waals surface area contributed by atoms with E-state index in [2.05, 4.69) is 38.2 Å². The Bertz CT molecular complexity index is 2180. The number of carbonyl (C=O) groups excluding carboxylic acids is 7. The van der Waals surface area contributed by atoms with E-state index in [0.717, 1.165) is 15.4 Å². The van der Waals surface area contributed by atoms with Gasteiger partial charge in [-0.25, -0.2) is 9.59 Å². The third kappa shape index (κ3) is 19.3. The summed E-state index contributed by atoms with van der Waals surface area (Å²) in [6, 6.07) is 0.596. The highest BCUT2D eigenvalue weighted by molar-refractivity contribution is 6.00. The first-order valence-corrected chi connectivity index (χ1v) is 23.5. The van der Waals surface area contributed by atoms with Crippen LogP contribution in [0.5, 0.6) is 0 Å². The van der Waals surface area contributed by atoms with Crippen molar-refractivity contribution in [1.82, 2.24) is 36.4 Å². The van der Waals surface area contributed by atoms with Crippen molar-refractivity contribution in [2.45, 2.75) is 129 Å². The number of benzene rings is 1. The summed E-state index contributed by atoms with van der Waals surface area (Å²) in [5.41, 5.74) is 12.1. The van der Waals surface area contributed by atoms with E-state index in [4.69, 9.17) is 11.5 Å². The molecular formula is C49H74N10O12. The standard InChI is InChI=1S/C49H74N10O12/c1-26(2)23-36-45(66)57-40(48(70)71)30(6)41(62)55-35(17-14-22-52-49(50)51)44(65)54-34(19-18-27(3)24-28(4)38(60)25-33-15-12-11-13-16-33)29(5)46(67)59(10)37(47(68)69)20-21-39(61)58(9)32(8)43(64)53-31(7)42(63)56-36/h11-13,15-16,18-19,24,26,28-31,34-38,40,60H,8,14,17,20-23,25H2,1-7,9-10H3,(H,53,64)(H,54,65)(H,55,62)(H,56,63)(H,57,66)(H,68,69)(H,70,71)(H4,50,51,52)/t28-,29-,30-,31+,34-,35-,36-,37+,38-,40+/m0/s1. The van der Waals surface area contributed by atoms with Crippen LogP contribution in [0.15, 0.2) is 71.4 Å². The summed E-state index contributed by atoms with van der Waals surface area (Å²) in [5.74, 6) is -12.8. The van der Waals surface area contributed by atoms with E-state index in [1.165, 1.54) is 40.9 Å². The number of carboxylic acids is 2. The zero-order valence-electron chi connectivity index (χ0n) is 42.1. The molecule has 1 aromatic carbocycles. The van der Waals surface area contributed by atoms with E-state index in [-0.39, 0.29) is 43.6 Å². The van der Waals surface area contributed by atoms with E-state index in [9.17, 15) is 58.5 Å². The molecule has 0 radical (unpaired) electrons. The molecule has 0 saturated carbocycles. The van der Waals surface area contributed by atoms with Crippen LogP contribution in [0.4, 0.5) is 0 Å². The predicted molar refractivity (Wildman–Crippen MR) is 264 cm³/mol. The van der Waals surface area contributed by atoms with Crippen LogP contribution in [-0.2, 0) is 49.6 Å². The molecule has 0 aromatic heterocycles. The number of nitrogens with two attached hydrogens (primary N) is 2. The van der Waals surface area contributed by atoms with Crippen molar-refractivity contribution < 1.29 is 58.5 Å². The lowest BCUT2D eigenvalue weighted by molar-refractivity contribution is -0.151. The Morgan fingerprint density at radius 2 is 1.45 bits per heavy atom. The average Bonchev–Trinajstić information content (AvgIpc) is 3.30. The Morgan fingerprint density at radius 3 is 2.03 bits per heavy atom. The molecule has 71 heavy (non-hydrogen) atoms. The lowest BCUT2D eigenvalue weighted by Gasteiger charge is -2.31. The summed E-state index contributed by atoms with van der Waals surface area (Å²) in [4.78, 5) is 128. The van der Waals surface area contributed by atoms with Gasteiger partial charge in [0.1, 0.15) is 35.9 Å². The maximum atomic E-state index is 14.4. The Kier molecular flexibility index (Phi) is 24.1. The SMILES string of the molecule is C=C1C(=O)N[C@H](C)C(=O)N[C@@H](CC(C)C)C(=O)N[C@@H](C(=O)O)[C@H](C)C(=O)N[C@@H](CCCN=C(N)N)C(=O)N[C@@H](C=CC(C)=C[C@H](C)[C@@H](O)Cc2ccccc2)[C@H](C)C(=O)N(C)[C@@H](C(=O)O)CCC(=O)N1C. The topological polar surface area (TPSA) is 345 Å². The second-order valence-electron chi connectivity index (χ2n) is 18.5. The van der Waals surface area contributed by atoms with Gasteiger partial charge in [-0.2, -0.15) is 0 Å². The number of guanidine groups is 1. The summed E-state index contributed by atoms with van der Waals surface area (Å²) in [7, 11) is 2.43. The van der Waals surface area contributed by atoms with Crippen molar-refractivity contribution >= 4 is 59.2 Å². The molecule has 0 aliphatic carbocycles. The van der Waals surface area contributed by atoms with Gasteiger partial charge >= 0.3 is 11.9 Å². The normalized spacial score (nSPS) is 25.5. The van der Waals surface area contributed by atoms with Crippen LogP contribution in [0.3, 0.4) is 0 Å². The molecule has 2 rings (SSSR count). The Labute approximate surface area is 415 Å². The molecule has 1 aliphatic rings. The number of likely N-dealkylation sites (N-methyl/N-ethyl adjacent to an activating group) is 2. The molecular weight excluding hydrogens is 921 g/mol. The summed E-state index contributed by atoms with van der Waals surface area (Å²) in [6.45, 7) is 14.6. The first kappa shape index (κ1) is 60.0. The van der Waals surface area contributed by atoms with Gasteiger partial charge in [0.2, 0.25) is 35.4 Å². The highest BCUT2D eigenvalue weighted by atomic mass is 16.4. The van der Waals surface area contributed by atoms with Crippen LogP contribution in [0.25, 0.3) is 0 Å². The van der Waals surface area contributed by atoms with Crippen LogP contribution < -0.4 is 38.1 Å². The molecule has 1 saturated heterocycles. The largest absolute Gasteiger partial charge is 0.480 e. The number of hydrogen-bond donors (Lipinski definition) is 10. The molecule has 392 valence electrons. The molecule has 22 nitrogen and oxygen atoms in total. The molecule has 1 heterocycles. The number of amides is 7. The number of nitrogens with zero attached hydrogens (tertiary/aromatic N) is 3. The summed E-state index contributed by atoms with van der Waals surface area (Å²) in [5, 5.41) is 44.2. The van der Waals surface area contributed by atoms with Gasteiger partial charge in [-0.3, -0.25) is 38.6 Å². The summed E-state index contributed by atoms with van der Waals surface area (Å²) in [6.07, 6.45) is 3.59. The predicted octanol–water partition coefficient (Wildman–Crippen LogP) is 0.306. The third-order valence-electron chi connectivity index (χ3n) is 12.1. The van der Waals surface area contributed by atoms with Crippen LogP contribution >= 0.6 is 0 Å². The van der Waals surface area contributed by atoms with Crippen molar-refractivity contribution in [3.8, 4) is 0 Å². The first-order valence-electron chi connectivity index (χ1n) is 23.5. The van der Waals surface area contributed by atoms with E-state index < -0.39 is 126 Å². The number of hydrogen-bond acceptors (Lipinski definition) is 11. The fourth-order valence-electron chi connectivity index (χ4n) is 7.55. The van der Waals surface area contributed by atoms with Crippen molar-refractivity contribution in [3.05, 3.63) is 72.0 Å². The summed E-state index contributed by atoms with van der Waals surface area (Å²) < 4.78 is 0. The molecule has 1 fully saturated rings. The zero-order valence-corrected chi connectivity index (χ0v) is 42.1. The minimum absolute atomic E-state index is 0.000757. The van der Waals surface area contributed by atoms with Crippen LogP contribution in [0.1, 0.15) is 86.1 Å². The second kappa shape index (κ2) is 28.5. The monoisotopic (exact) mass is 995 g/mol. The number of nitrogens with one attached hydrogen (secondary N) is 5. The molecule has 12 N–H and O–H groups in total. The molecule has 7 amide bonds. The number of carboxylic acid groups (broad SMARTS) is 2. The van der Waals surface area contributed by atoms with Crippen molar-refractivity contribution in [1.29, 1.82) is 0 Å².